The standard InChI is InChI=1S/C21H22FN3O3/c1-15-7-9-23-11-18(15)20(27)24-10-2-8-21(13-24)14-25(19(26)12-28-21)17-5-3-16(22)4-6-17/h3-7,9,11H,2,8,10,12-14H2,1H3. The van der Waals surface area contributed by atoms with Crippen molar-refractivity contribution in [2.45, 2.75) is 25.4 Å². The van der Waals surface area contributed by atoms with Gasteiger partial charge < -0.3 is 14.5 Å². The molecule has 1 unspecified atom stereocenters. The molecule has 3 heterocycles. The Morgan fingerprint density at radius 2 is 2.00 bits per heavy atom. The third-order valence-corrected chi connectivity index (χ3v) is 5.48. The third-order valence-electron chi connectivity index (χ3n) is 5.48. The summed E-state index contributed by atoms with van der Waals surface area (Å²) in [5.41, 5.74) is 1.49. The van der Waals surface area contributed by atoms with E-state index in [1.54, 1.807) is 34.3 Å². The number of benzene rings is 1. The molecule has 1 aromatic carbocycles. The van der Waals surface area contributed by atoms with Gasteiger partial charge in [-0.05, 0) is 55.7 Å². The Morgan fingerprint density at radius 3 is 2.75 bits per heavy atom. The van der Waals surface area contributed by atoms with E-state index in [4.69, 9.17) is 4.74 Å². The monoisotopic (exact) mass is 383 g/mol. The molecule has 4 rings (SSSR count). The molecule has 1 spiro atoms. The summed E-state index contributed by atoms with van der Waals surface area (Å²) in [7, 11) is 0. The second-order valence-corrected chi connectivity index (χ2v) is 7.45. The van der Waals surface area contributed by atoms with Gasteiger partial charge in [-0.15, -0.1) is 0 Å². The molecule has 6 nitrogen and oxygen atoms in total. The molecule has 0 N–H and O–H groups in total. The normalized spacial score (nSPS) is 22.6. The van der Waals surface area contributed by atoms with Crippen molar-refractivity contribution >= 4 is 17.5 Å². The lowest BCUT2D eigenvalue weighted by Crippen LogP contribution is -2.62. The van der Waals surface area contributed by atoms with Crippen molar-refractivity contribution in [1.29, 1.82) is 0 Å². The smallest absolute Gasteiger partial charge is 0.255 e. The van der Waals surface area contributed by atoms with Crippen molar-refractivity contribution in [2.75, 3.05) is 31.1 Å². The molecule has 1 atom stereocenters. The first-order valence-corrected chi connectivity index (χ1v) is 9.37. The van der Waals surface area contributed by atoms with Crippen LogP contribution in [0.25, 0.3) is 0 Å². The second-order valence-electron chi connectivity index (χ2n) is 7.45. The van der Waals surface area contributed by atoms with Crippen LogP contribution in [0.4, 0.5) is 10.1 Å². The molecular weight excluding hydrogens is 361 g/mol. The molecule has 2 saturated heterocycles. The molecule has 146 valence electrons. The zero-order valence-corrected chi connectivity index (χ0v) is 15.7. The van der Waals surface area contributed by atoms with Crippen molar-refractivity contribution in [1.82, 2.24) is 9.88 Å². The number of piperidine rings is 1. The van der Waals surface area contributed by atoms with Gasteiger partial charge in [-0.3, -0.25) is 14.6 Å². The van der Waals surface area contributed by atoms with Gasteiger partial charge in [0.25, 0.3) is 11.8 Å². The lowest BCUT2D eigenvalue weighted by Gasteiger charge is -2.47. The zero-order chi connectivity index (χ0) is 19.7. The Morgan fingerprint density at radius 1 is 1.21 bits per heavy atom. The Labute approximate surface area is 162 Å². The molecule has 28 heavy (non-hydrogen) atoms. The van der Waals surface area contributed by atoms with Gasteiger partial charge in [-0.1, -0.05) is 0 Å². The quantitative estimate of drug-likeness (QED) is 0.800. The summed E-state index contributed by atoms with van der Waals surface area (Å²) in [6.45, 7) is 3.23. The van der Waals surface area contributed by atoms with Gasteiger partial charge in [0.05, 0.1) is 18.7 Å². The molecule has 7 heteroatoms. The van der Waals surface area contributed by atoms with Crippen LogP contribution >= 0.6 is 0 Å². The van der Waals surface area contributed by atoms with Gasteiger partial charge in [-0.25, -0.2) is 4.39 Å². The average molecular weight is 383 g/mol. The fourth-order valence-electron chi connectivity index (χ4n) is 3.95. The minimum absolute atomic E-state index is 0.0503. The van der Waals surface area contributed by atoms with Crippen molar-refractivity contribution < 1.29 is 18.7 Å². The highest BCUT2D eigenvalue weighted by molar-refractivity contribution is 5.96. The minimum atomic E-state index is -0.619. The molecule has 0 aliphatic carbocycles. The van der Waals surface area contributed by atoms with E-state index in [0.29, 0.717) is 30.9 Å². The molecule has 2 amide bonds. The SMILES string of the molecule is Cc1ccncc1C(=O)N1CCCC2(C1)CN(c1ccc(F)cc1)C(=O)CO2. The predicted molar refractivity (Wildman–Crippen MR) is 102 cm³/mol. The number of aromatic nitrogens is 1. The van der Waals surface area contributed by atoms with E-state index in [2.05, 4.69) is 4.98 Å². The van der Waals surface area contributed by atoms with Crippen LogP contribution in [0.15, 0.2) is 42.7 Å². The van der Waals surface area contributed by atoms with Crippen LogP contribution in [0.3, 0.4) is 0 Å². The summed E-state index contributed by atoms with van der Waals surface area (Å²) in [5.74, 6) is -0.581. The summed E-state index contributed by atoms with van der Waals surface area (Å²) < 4.78 is 19.2. The number of aryl methyl sites for hydroxylation is 1. The van der Waals surface area contributed by atoms with E-state index in [1.165, 1.54) is 12.1 Å². The largest absolute Gasteiger partial charge is 0.361 e. The average Bonchev–Trinajstić information content (AvgIpc) is 2.71. The lowest BCUT2D eigenvalue weighted by atomic mass is 9.90. The number of morpholine rings is 1. The first kappa shape index (κ1) is 18.6. The van der Waals surface area contributed by atoms with Crippen molar-refractivity contribution in [3.63, 3.8) is 0 Å². The number of nitrogens with zero attached hydrogens (tertiary/aromatic N) is 3. The zero-order valence-electron chi connectivity index (χ0n) is 15.7. The summed E-state index contributed by atoms with van der Waals surface area (Å²) in [4.78, 5) is 32.9. The van der Waals surface area contributed by atoms with Crippen LogP contribution in [0, 0.1) is 12.7 Å². The number of halogens is 1. The number of hydrogen-bond donors (Lipinski definition) is 0. The Hall–Kier alpha value is -2.80. The van der Waals surface area contributed by atoms with Crippen molar-refractivity contribution in [3.05, 3.63) is 59.7 Å². The minimum Gasteiger partial charge on any atom is -0.361 e. The maximum Gasteiger partial charge on any atom is 0.255 e. The molecule has 1 aromatic heterocycles. The number of carbonyl (C=O) groups excluding carboxylic acids is 2. The number of carbonyl (C=O) groups is 2. The van der Waals surface area contributed by atoms with Crippen LogP contribution in [0.5, 0.6) is 0 Å². The number of anilines is 1. The number of amides is 2. The van der Waals surface area contributed by atoms with Gasteiger partial charge >= 0.3 is 0 Å². The maximum atomic E-state index is 13.3. The number of hydrogen-bond acceptors (Lipinski definition) is 4. The van der Waals surface area contributed by atoms with Gasteiger partial charge in [0.2, 0.25) is 0 Å². The molecular formula is C21H22FN3O3. The predicted octanol–water partition coefficient (Wildman–Crippen LogP) is 2.57. The summed E-state index contributed by atoms with van der Waals surface area (Å²) in [5, 5.41) is 0. The number of pyridine rings is 1. The second kappa shape index (κ2) is 7.31. The topological polar surface area (TPSA) is 62.7 Å². The Bertz CT molecular complexity index is 902. The molecule has 2 aliphatic heterocycles. The first-order valence-electron chi connectivity index (χ1n) is 9.37. The summed E-state index contributed by atoms with van der Waals surface area (Å²) in [6.07, 6.45) is 4.81. The van der Waals surface area contributed by atoms with Crippen LogP contribution < -0.4 is 4.90 Å². The highest BCUT2D eigenvalue weighted by Crippen LogP contribution is 2.32. The van der Waals surface area contributed by atoms with Gasteiger partial charge in [0, 0.05) is 24.6 Å². The summed E-state index contributed by atoms with van der Waals surface area (Å²) in [6, 6.07) is 7.69. The fourth-order valence-corrected chi connectivity index (χ4v) is 3.95. The molecule has 2 fully saturated rings. The first-order chi connectivity index (χ1) is 13.5. The van der Waals surface area contributed by atoms with Crippen LogP contribution in [0.2, 0.25) is 0 Å². The molecule has 0 saturated carbocycles. The molecule has 0 bridgehead atoms. The van der Waals surface area contributed by atoms with E-state index in [9.17, 15) is 14.0 Å². The number of likely N-dealkylation sites (tertiary alicyclic amines) is 1. The van der Waals surface area contributed by atoms with E-state index in [-0.39, 0.29) is 24.2 Å². The third kappa shape index (κ3) is 3.49. The Balaban J connectivity index is 1.55. The lowest BCUT2D eigenvalue weighted by molar-refractivity contribution is -0.144. The molecule has 2 aromatic rings. The van der Waals surface area contributed by atoms with Gasteiger partial charge in [0.15, 0.2) is 0 Å². The van der Waals surface area contributed by atoms with E-state index in [1.807, 2.05) is 13.0 Å². The van der Waals surface area contributed by atoms with Crippen LogP contribution in [-0.4, -0.2) is 53.5 Å². The van der Waals surface area contributed by atoms with E-state index in [0.717, 1.165) is 18.4 Å². The highest BCUT2D eigenvalue weighted by Gasteiger charge is 2.44. The van der Waals surface area contributed by atoms with Crippen LogP contribution in [0.1, 0.15) is 28.8 Å². The summed E-state index contributed by atoms with van der Waals surface area (Å²) >= 11 is 0. The van der Waals surface area contributed by atoms with E-state index < -0.39 is 5.60 Å². The van der Waals surface area contributed by atoms with Crippen molar-refractivity contribution in [2.24, 2.45) is 0 Å². The van der Waals surface area contributed by atoms with E-state index >= 15 is 0 Å². The molecule has 0 radical (unpaired) electrons. The van der Waals surface area contributed by atoms with Gasteiger partial charge in [-0.2, -0.15) is 0 Å². The fraction of sp³-hybridized carbons (Fsp3) is 0.381. The maximum absolute atomic E-state index is 13.3. The Kier molecular flexibility index (Phi) is 4.85. The van der Waals surface area contributed by atoms with Crippen molar-refractivity contribution in [3.8, 4) is 0 Å². The number of ether oxygens (including phenoxy) is 1. The highest BCUT2D eigenvalue weighted by atomic mass is 19.1. The van der Waals surface area contributed by atoms with Crippen LogP contribution in [-0.2, 0) is 9.53 Å². The number of rotatable bonds is 2. The molecule has 2 aliphatic rings. The van der Waals surface area contributed by atoms with Gasteiger partial charge in [0.1, 0.15) is 18.0 Å².